The summed E-state index contributed by atoms with van der Waals surface area (Å²) >= 11 is 13.9. The van der Waals surface area contributed by atoms with Crippen LogP contribution in [-0.2, 0) is 0 Å². The summed E-state index contributed by atoms with van der Waals surface area (Å²) in [6.45, 7) is 5.14. The quantitative estimate of drug-likeness (QED) is 0.169. The molecule has 0 saturated heterocycles. The number of aryl methyl sites for hydroxylation is 1. The smallest absolute Gasteiger partial charge is 0.155 e. The maximum absolute atomic E-state index is 6.13. The molecule has 160 valence electrons. The first-order valence-electron chi connectivity index (χ1n) is 10.0. The van der Waals surface area contributed by atoms with Crippen molar-refractivity contribution in [2.45, 2.75) is 52.4 Å². The second kappa shape index (κ2) is 10.5. The van der Waals surface area contributed by atoms with Crippen molar-refractivity contribution in [1.29, 1.82) is 0 Å². The average molecular weight is 606 g/mol. The van der Waals surface area contributed by atoms with Gasteiger partial charge in [-0.25, -0.2) is 9.97 Å². The highest BCUT2D eigenvalue weighted by Gasteiger charge is 2.19. The second-order valence-corrected chi connectivity index (χ2v) is 13.9. The Morgan fingerprint density at radius 1 is 0.800 bits per heavy atom. The van der Waals surface area contributed by atoms with Crippen molar-refractivity contribution >= 4 is 86.9 Å². The van der Waals surface area contributed by atoms with E-state index in [-0.39, 0.29) is 0 Å². The molecule has 4 rings (SSSR count). The molecule has 0 spiro atoms. The summed E-state index contributed by atoms with van der Waals surface area (Å²) in [5.41, 5.74) is 1.25. The van der Waals surface area contributed by atoms with E-state index in [1.165, 1.54) is 42.5 Å². The lowest BCUT2D eigenvalue weighted by atomic mass is 10.1. The minimum atomic E-state index is 0.761. The topological polar surface area (TPSA) is 35.0 Å². The first-order valence-corrected chi connectivity index (χ1v) is 14.9. The SMILES string of the molecule is CCCCCCCCOc1cc(Br)sc1-c1nc2sc(-c3sc(Br)cc3C)nc2s1. The van der Waals surface area contributed by atoms with Crippen LogP contribution in [0, 0.1) is 6.92 Å². The Kier molecular flexibility index (Phi) is 8.02. The van der Waals surface area contributed by atoms with Gasteiger partial charge in [-0.15, -0.1) is 22.7 Å². The molecule has 0 N–H and O–H groups in total. The molecular formula is C21H22Br2N2OS4. The molecule has 0 saturated carbocycles. The van der Waals surface area contributed by atoms with E-state index in [2.05, 4.69) is 57.8 Å². The van der Waals surface area contributed by atoms with Gasteiger partial charge in [-0.3, -0.25) is 0 Å². The summed E-state index contributed by atoms with van der Waals surface area (Å²) in [5, 5.41) is 2.04. The molecule has 4 aromatic heterocycles. The molecule has 30 heavy (non-hydrogen) atoms. The Hall–Kier alpha value is -0.320. The molecule has 0 radical (unpaired) electrons. The van der Waals surface area contributed by atoms with Gasteiger partial charge in [0, 0.05) is 6.07 Å². The van der Waals surface area contributed by atoms with Crippen molar-refractivity contribution in [2.75, 3.05) is 6.61 Å². The fourth-order valence-corrected chi connectivity index (χ4v) is 8.67. The molecule has 0 aromatic carbocycles. The highest BCUT2D eigenvalue weighted by molar-refractivity contribution is 9.11. The van der Waals surface area contributed by atoms with E-state index in [1.807, 2.05) is 0 Å². The van der Waals surface area contributed by atoms with Crippen LogP contribution in [0.2, 0.25) is 0 Å². The molecule has 0 aliphatic heterocycles. The van der Waals surface area contributed by atoms with Gasteiger partial charge >= 0.3 is 0 Å². The number of aromatic nitrogens is 2. The number of unbranched alkanes of at least 4 members (excludes halogenated alkanes) is 5. The van der Waals surface area contributed by atoms with E-state index >= 15 is 0 Å². The number of halogens is 2. The van der Waals surface area contributed by atoms with Crippen molar-refractivity contribution in [3.8, 4) is 25.5 Å². The summed E-state index contributed by atoms with van der Waals surface area (Å²) < 4.78 is 8.34. The van der Waals surface area contributed by atoms with E-state index in [4.69, 9.17) is 14.7 Å². The van der Waals surface area contributed by atoms with E-state index in [1.54, 1.807) is 45.3 Å². The van der Waals surface area contributed by atoms with Crippen molar-refractivity contribution in [2.24, 2.45) is 0 Å². The molecular weight excluding hydrogens is 584 g/mol. The minimum absolute atomic E-state index is 0.761. The third kappa shape index (κ3) is 5.35. The van der Waals surface area contributed by atoms with Gasteiger partial charge in [0.05, 0.1) is 19.1 Å². The number of thiophene rings is 2. The fourth-order valence-electron chi connectivity index (χ4n) is 3.16. The molecule has 0 amide bonds. The van der Waals surface area contributed by atoms with Crippen molar-refractivity contribution in [3.63, 3.8) is 0 Å². The first kappa shape index (κ1) is 22.9. The maximum atomic E-state index is 6.13. The molecule has 0 bridgehead atoms. The summed E-state index contributed by atoms with van der Waals surface area (Å²) in [5.74, 6) is 0.931. The molecule has 3 nitrogen and oxygen atoms in total. The van der Waals surface area contributed by atoms with Crippen LogP contribution in [0.5, 0.6) is 5.75 Å². The average Bonchev–Trinajstić information content (AvgIpc) is 3.43. The largest absolute Gasteiger partial charge is 0.492 e. The van der Waals surface area contributed by atoms with Gasteiger partial charge in [-0.1, -0.05) is 61.7 Å². The number of nitrogens with zero attached hydrogens (tertiary/aromatic N) is 2. The Balaban J connectivity index is 1.46. The van der Waals surface area contributed by atoms with Crippen molar-refractivity contribution in [3.05, 3.63) is 25.3 Å². The van der Waals surface area contributed by atoms with Gasteiger partial charge in [0.25, 0.3) is 0 Å². The van der Waals surface area contributed by atoms with Gasteiger partial charge in [-0.2, -0.15) is 0 Å². The Morgan fingerprint density at radius 3 is 2.07 bits per heavy atom. The Bertz CT molecular complexity index is 1100. The molecule has 0 fully saturated rings. The van der Waals surface area contributed by atoms with Crippen LogP contribution < -0.4 is 4.74 Å². The minimum Gasteiger partial charge on any atom is -0.492 e. The van der Waals surface area contributed by atoms with E-state index in [9.17, 15) is 0 Å². The molecule has 4 aromatic rings. The highest BCUT2D eigenvalue weighted by Crippen LogP contribution is 2.46. The number of thiazole rings is 2. The van der Waals surface area contributed by atoms with Gasteiger partial charge in [0.1, 0.15) is 20.6 Å². The maximum Gasteiger partial charge on any atom is 0.155 e. The highest BCUT2D eigenvalue weighted by atomic mass is 79.9. The summed E-state index contributed by atoms with van der Waals surface area (Å²) in [4.78, 5) is 14.1. The summed E-state index contributed by atoms with van der Waals surface area (Å²) in [7, 11) is 0. The van der Waals surface area contributed by atoms with E-state index in [0.717, 1.165) is 50.9 Å². The lowest BCUT2D eigenvalue weighted by Gasteiger charge is -2.06. The monoisotopic (exact) mass is 604 g/mol. The Morgan fingerprint density at radius 2 is 1.40 bits per heavy atom. The van der Waals surface area contributed by atoms with Crippen LogP contribution in [0.3, 0.4) is 0 Å². The zero-order valence-electron chi connectivity index (χ0n) is 16.8. The number of fused-ring (bicyclic) bond motifs is 1. The number of rotatable bonds is 10. The molecule has 0 aliphatic carbocycles. The van der Waals surface area contributed by atoms with Crippen LogP contribution in [-0.4, -0.2) is 16.6 Å². The first-order chi connectivity index (χ1) is 14.5. The molecule has 0 aliphatic rings. The second-order valence-electron chi connectivity index (χ2n) is 7.07. The van der Waals surface area contributed by atoms with Crippen molar-refractivity contribution < 1.29 is 4.74 Å². The van der Waals surface area contributed by atoms with Crippen LogP contribution in [0.15, 0.2) is 19.7 Å². The van der Waals surface area contributed by atoms with Gasteiger partial charge in [0.2, 0.25) is 0 Å². The zero-order chi connectivity index (χ0) is 21.1. The van der Waals surface area contributed by atoms with Crippen LogP contribution >= 0.6 is 77.2 Å². The standard InChI is InChI=1S/C21H22Br2N2OS4/c1-3-4-5-6-7-8-9-26-13-11-15(23)28-17(13)19-25-21-20(30-19)24-18(29-21)16-12(2)10-14(22)27-16/h10-11H,3-9H2,1-2H3. The van der Waals surface area contributed by atoms with E-state index < -0.39 is 0 Å². The summed E-state index contributed by atoms with van der Waals surface area (Å²) in [6.07, 6.45) is 7.59. The predicted molar refractivity (Wildman–Crippen MR) is 141 cm³/mol. The third-order valence-corrected chi connectivity index (χ3v) is 10.4. The van der Waals surface area contributed by atoms with Gasteiger partial charge < -0.3 is 4.74 Å². The predicted octanol–water partition coefficient (Wildman–Crippen LogP) is 9.78. The zero-order valence-corrected chi connectivity index (χ0v) is 23.2. The fraction of sp³-hybridized carbons (Fsp3) is 0.429. The molecule has 0 unspecified atom stereocenters. The van der Waals surface area contributed by atoms with Gasteiger partial charge in [-0.05, 0) is 56.8 Å². The lowest BCUT2D eigenvalue weighted by Crippen LogP contribution is -1.97. The number of hydrogen-bond donors (Lipinski definition) is 0. The molecule has 0 atom stereocenters. The number of ether oxygens (including phenoxy) is 1. The third-order valence-electron chi connectivity index (χ3n) is 4.68. The Labute approximate surface area is 209 Å². The normalized spacial score (nSPS) is 11.6. The van der Waals surface area contributed by atoms with Crippen LogP contribution in [0.4, 0.5) is 0 Å². The van der Waals surface area contributed by atoms with Crippen molar-refractivity contribution in [1.82, 2.24) is 9.97 Å². The molecule has 4 heterocycles. The van der Waals surface area contributed by atoms with Gasteiger partial charge in [0.15, 0.2) is 9.66 Å². The van der Waals surface area contributed by atoms with Crippen LogP contribution in [0.25, 0.3) is 29.4 Å². The lowest BCUT2D eigenvalue weighted by molar-refractivity contribution is 0.306. The summed E-state index contributed by atoms with van der Waals surface area (Å²) in [6, 6.07) is 4.21. The van der Waals surface area contributed by atoms with Crippen LogP contribution in [0.1, 0.15) is 51.0 Å². The number of hydrogen-bond acceptors (Lipinski definition) is 7. The van der Waals surface area contributed by atoms with E-state index in [0.29, 0.717) is 0 Å². The molecule has 9 heteroatoms.